The third kappa shape index (κ3) is 8.95. The number of amides is 1. The van der Waals surface area contributed by atoms with E-state index >= 15 is 0 Å². The zero-order valence-corrected chi connectivity index (χ0v) is 30.0. The first kappa shape index (κ1) is 35.9. The number of rotatable bonds is 13. The molecule has 1 atom stereocenters. The lowest BCUT2D eigenvalue weighted by Crippen LogP contribution is -2.48. The van der Waals surface area contributed by atoms with Gasteiger partial charge in [-0.25, -0.2) is 9.64 Å². The van der Waals surface area contributed by atoms with E-state index in [0.29, 0.717) is 62.1 Å². The minimum atomic E-state index is -0.828. The molecule has 2 aromatic heterocycles. The first-order valence-corrected chi connectivity index (χ1v) is 17.6. The van der Waals surface area contributed by atoms with Crippen LogP contribution in [0.5, 0.6) is 0 Å². The van der Waals surface area contributed by atoms with Gasteiger partial charge in [0, 0.05) is 62.0 Å². The molecule has 1 amide bonds. The molecule has 274 valence electrons. The number of halogens is 1. The molecule has 7 rings (SSSR count). The van der Waals surface area contributed by atoms with E-state index in [2.05, 4.69) is 56.1 Å². The van der Waals surface area contributed by atoms with E-state index < -0.39 is 12.0 Å². The molecule has 54 heavy (non-hydrogen) atoms. The molecule has 0 spiro atoms. The Kier molecular flexibility index (Phi) is 11.0. The molecule has 4 heterocycles. The van der Waals surface area contributed by atoms with Crippen LogP contribution in [-0.4, -0.2) is 104 Å². The van der Waals surface area contributed by atoms with Crippen LogP contribution in [-0.2, 0) is 28.9 Å². The van der Waals surface area contributed by atoms with E-state index in [1.165, 1.54) is 13.3 Å². The maximum absolute atomic E-state index is 13.0. The van der Waals surface area contributed by atoms with Crippen molar-refractivity contribution in [3.8, 4) is 0 Å². The topological polar surface area (TPSA) is 183 Å². The van der Waals surface area contributed by atoms with Crippen molar-refractivity contribution in [2.45, 2.75) is 25.4 Å². The summed E-state index contributed by atoms with van der Waals surface area (Å²) in [5, 5.41) is 20.5. The largest absolute Gasteiger partial charge is 0.467 e. The number of nitrogens with one attached hydrogen (secondary N) is 4. The summed E-state index contributed by atoms with van der Waals surface area (Å²) in [4.78, 5) is 51.8. The summed E-state index contributed by atoms with van der Waals surface area (Å²) in [7, 11) is 1.32. The highest BCUT2D eigenvalue weighted by molar-refractivity contribution is 6.31. The van der Waals surface area contributed by atoms with Gasteiger partial charge in [-0.1, -0.05) is 54.1 Å². The van der Waals surface area contributed by atoms with Crippen LogP contribution in [0, 0.1) is 6.57 Å². The summed E-state index contributed by atoms with van der Waals surface area (Å²) >= 11 is 6.18. The van der Waals surface area contributed by atoms with Gasteiger partial charge >= 0.3 is 5.97 Å². The molecular weight excluding hydrogens is 710 g/mol. The number of aromatic nitrogens is 6. The number of piperazine rings is 1. The molecule has 5 aromatic rings. The number of aromatic amines is 1. The number of nitrogens with zero attached hydrogens (tertiary/aromatic N) is 9. The van der Waals surface area contributed by atoms with E-state index in [9.17, 15) is 9.59 Å². The van der Waals surface area contributed by atoms with Gasteiger partial charge in [0.05, 0.1) is 32.1 Å². The van der Waals surface area contributed by atoms with Gasteiger partial charge in [-0.15, -0.1) is 0 Å². The van der Waals surface area contributed by atoms with E-state index in [4.69, 9.17) is 27.9 Å². The first-order valence-electron chi connectivity index (χ1n) is 17.2. The molecule has 0 unspecified atom stereocenters. The number of fused-ring (bicyclic) bond motifs is 1. The Morgan fingerprint density at radius 3 is 2.54 bits per heavy atom. The van der Waals surface area contributed by atoms with E-state index in [1.54, 1.807) is 29.2 Å². The lowest BCUT2D eigenvalue weighted by Gasteiger charge is -2.34. The summed E-state index contributed by atoms with van der Waals surface area (Å²) in [6, 6.07) is 19.8. The number of carbonyl (C=O) groups excluding carboxylic acids is 2. The van der Waals surface area contributed by atoms with Crippen LogP contribution in [0.15, 0.2) is 77.9 Å². The number of esters is 1. The quantitative estimate of drug-likeness (QED) is 0.0953. The van der Waals surface area contributed by atoms with E-state index in [1.807, 2.05) is 42.5 Å². The Hall–Kier alpha value is -6.44. The molecule has 3 aromatic carbocycles. The van der Waals surface area contributed by atoms with Crippen LogP contribution in [0.2, 0.25) is 5.02 Å². The van der Waals surface area contributed by atoms with E-state index in [0.717, 1.165) is 33.8 Å². The van der Waals surface area contributed by atoms with Crippen LogP contribution in [0.1, 0.15) is 27.2 Å². The third-order valence-electron chi connectivity index (χ3n) is 8.98. The molecule has 0 bridgehead atoms. The maximum atomic E-state index is 13.0. The van der Waals surface area contributed by atoms with Gasteiger partial charge in [-0.05, 0) is 41.0 Å². The number of ether oxygens (including phenoxy) is 1. The number of aliphatic imine (C=N–C) groups is 1. The second-order valence-electron chi connectivity index (χ2n) is 12.7. The van der Waals surface area contributed by atoms with Gasteiger partial charge in [0.2, 0.25) is 17.8 Å². The number of benzene rings is 3. The summed E-state index contributed by atoms with van der Waals surface area (Å²) in [5.41, 5.74) is 6.29. The molecule has 0 aliphatic carbocycles. The highest BCUT2D eigenvalue weighted by Gasteiger charge is 2.25. The van der Waals surface area contributed by atoms with Gasteiger partial charge in [0.1, 0.15) is 6.04 Å². The van der Waals surface area contributed by atoms with Crippen LogP contribution < -0.4 is 16.0 Å². The van der Waals surface area contributed by atoms with Gasteiger partial charge < -0.3 is 25.6 Å². The molecule has 1 saturated heterocycles. The fourth-order valence-corrected chi connectivity index (χ4v) is 6.39. The molecule has 2 aliphatic heterocycles. The molecule has 0 saturated carbocycles. The third-order valence-corrected chi connectivity index (χ3v) is 9.22. The second kappa shape index (κ2) is 16.5. The predicted molar refractivity (Wildman–Crippen MR) is 204 cm³/mol. The number of carbonyl (C=O) groups is 2. The molecular formula is C37H36ClN13O3. The Morgan fingerprint density at radius 1 is 0.981 bits per heavy atom. The Balaban J connectivity index is 1.07. The van der Waals surface area contributed by atoms with Gasteiger partial charge in [-0.2, -0.15) is 30.4 Å². The molecule has 2 aliphatic rings. The minimum Gasteiger partial charge on any atom is -0.467 e. The fraction of sp³-hybridized carbons (Fsp3) is 0.270. The predicted octanol–water partition coefficient (Wildman–Crippen LogP) is 4.83. The standard InChI is InChI=1S/C37H36ClN13O3/c1-39-27-10-6-23(7-11-27)17-31(34(53)54-2)44-37-46-35(40-20-29-18-25-8-9-26(38)19-30(25)42-29)45-36(47-37)43-28-5-3-4-24(16-28)22-50-12-14-51(15-13-50)33(52)32-21-41-49-48-32/h3-11,16,19,21,31H,12-15,17-18,20,22H2,2H3,(H,41,48,49)(H3,40,43,44,45,46,47)/t31-/m0/s1. The Labute approximate surface area is 315 Å². The fourth-order valence-electron chi connectivity index (χ4n) is 6.22. The highest BCUT2D eigenvalue weighted by Crippen LogP contribution is 2.30. The van der Waals surface area contributed by atoms with Crippen molar-refractivity contribution in [2.24, 2.45) is 4.99 Å². The van der Waals surface area contributed by atoms with E-state index in [-0.39, 0.29) is 30.2 Å². The number of anilines is 4. The summed E-state index contributed by atoms with van der Waals surface area (Å²) in [5.74, 6) is 0.0443. The Bertz CT molecular complexity index is 2200. The summed E-state index contributed by atoms with van der Waals surface area (Å²) in [6.45, 7) is 10.9. The highest BCUT2D eigenvalue weighted by atomic mass is 35.5. The average Bonchev–Trinajstić information content (AvgIpc) is 3.88. The average molecular weight is 746 g/mol. The zero-order chi connectivity index (χ0) is 37.4. The zero-order valence-electron chi connectivity index (χ0n) is 29.3. The maximum Gasteiger partial charge on any atom is 0.328 e. The van der Waals surface area contributed by atoms with Gasteiger partial charge in [0.25, 0.3) is 5.91 Å². The smallest absolute Gasteiger partial charge is 0.328 e. The number of hydrogen-bond donors (Lipinski definition) is 4. The van der Waals surface area contributed by atoms with Crippen LogP contribution >= 0.6 is 11.6 Å². The molecule has 17 heteroatoms. The number of H-pyrrole nitrogens is 1. The van der Waals surface area contributed by atoms with Crippen molar-refractivity contribution in [3.63, 3.8) is 0 Å². The van der Waals surface area contributed by atoms with Crippen LogP contribution in [0.4, 0.5) is 34.9 Å². The first-order chi connectivity index (χ1) is 26.3. The summed E-state index contributed by atoms with van der Waals surface area (Å²) in [6.07, 6.45) is 2.37. The SMILES string of the molecule is [C-]#[N+]c1ccc(C[C@H](Nc2nc(NCC3=Nc4cc(Cl)ccc4C3)nc(Nc3cccc(CN4CCN(C(=O)c5cn[nH]n5)CC4)c3)n2)C(=O)OC)cc1. The number of methoxy groups -OCH3 is 1. The van der Waals surface area contributed by atoms with Crippen LogP contribution in [0.25, 0.3) is 4.85 Å². The van der Waals surface area contributed by atoms with Crippen LogP contribution in [0.3, 0.4) is 0 Å². The molecule has 1 fully saturated rings. The van der Waals surface area contributed by atoms with Crippen molar-refractivity contribution in [3.05, 3.63) is 112 Å². The minimum absolute atomic E-state index is 0.130. The number of hydrogen-bond acceptors (Lipinski definition) is 13. The second-order valence-corrected chi connectivity index (χ2v) is 13.2. The van der Waals surface area contributed by atoms with Crippen molar-refractivity contribution in [2.75, 3.05) is 55.8 Å². The van der Waals surface area contributed by atoms with Gasteiger partial charge in [-0.3, -0.25) is 14.7 Å². The monoisotopic (exact) mass is 745 g/mol. The Morgan fingerprint density at radius 2 is 1.78 bits per heavy atom. The normalized spacial score (nSPS) is 14.4. The summed E-state index contributed by atoms with van der Waals surface area (Å²) < 4.78 is 5.11. The molecule has 0 radical (unpaired) electrons. The lowest BCUT2D eigenvalue weighted by atomic mass is 10.1. The molecule has 4 N–H and O–H groups in total. The van der Waals surface area contributed by atoms with Crippen molar-refractivity contribution in [1.29, 1.82) is 0 Å². The van der Waals surface area contributed by atoms with Crippen molar-refractivity contribution >= 4 is 64.1 Å². The van der Waals surface area contributed by atoms with Crippen molar-refractivity contribution < 1.29 is 14.3 Å². The van der Waals surface area contributed by atoms with Crippen molar-refractivity contribution in [1.82, 2.24) is 40.2 Å². The van der Waals surface area contributed by atoms with Gasteiger partial charge in [0.15, 0.2) is 11.4 Å². The molecule has 16 nitrogen and oxygen atoms in total. The lowest BCUT2D eigenvalue weighted by molar-refractivity contribution is -0.141.